The Balaban J connectivity index is 1.85. The average Bonchev–Trinajstić information content (AvgIpc) is 2.98. The highest BCUT2D eigenvalue weighted by Gasteiger charge is 2.19. The molecule has 3 heteroatoms. The number of pyridine rings is 1. The smallest absolute Gasteiger partial charge is 0.0590 e. The van der Waals surface area contributed by atoms with E-state index in [2.05, 4.69) is 39.3 Å². The molecule has 0 saturated carbocycles. The van der Waals surface area contributed by atoms with Crippen molar-refractivity contribution in [1.82, 2.24) is 14.9 Å². The first-order valence-corrected chi connectivity index (χ1v) is 7.29. The van der Waals surface area contributed by atoms with Crippen molar-refractivity contribution in [1.29, 1.82) is 0 Å². The zero-order chi connectivity index (χ0) is 12.7. The zero-order valence-corrected chi connectivity index (χ0v) is 11.1. The second kappa shape index (κ2) is 4.49. The van der Waals surface area contributed by atoms with Gasteiger partial charge in [-0.2, -0.15) is 0 Å². The Bertz CT molecular complexity index is 631. The van der Waals surface area contributed by atoms with Crippen molar-refractivity contribution >= 4 is 17.0 Å². The van der Waals surface area contributed by atoms with E-state index in [4.69, 9.17) is 0 Å². The van der Waals surface area contributed by atoms with Gasteiger partial charge in [0.05, 0.1) is 11.2 Å². The van der Waals surface area contributed by atoms with E-state index in [9.17, 15) is 0 Å². The van der Waals surface area contributed by atoms with E-state index in [0.29, 0.717) is 6.04 Å². The predicted molar refractivity (Wildman–Crippen MR) is 78.2 cm³/mol. The Labute approximate surface area is 113 Å². The Morgan fingerprint density at radius 2 is 2.26 bits per heavy atom. The summed E-state index contributed by atoms with van der Waals surface area (Å²) in [5, 5.41) is 4.78. The fraction of sp³-hybridized carbons (Fsp3) is 0.438. The van der Waals surface area contributed by atoms with Crippen molar-refractivity contribution in [2.24, 2.45) is 0 Å². The molecule has 0 aromatic carbocycles. The Hall–Kier alpha value is -1.61. The lowest BCUT2D eigenvalue weighted by Crippen LogP contribution is -2.15. The molecule has 1 aliphatic heterocycles. The first-order valence-electron chi connectivity index (χ1n) is 7.29. The molecule has 19 heavy (non-hydrogen) atoms. The number of fused-ring (bicyclic) bond motifs is 3. The third kappa shape index (κ3) is 1.80. The van der Waals surface area contributed by atoms with Gasteiger partial charge in [0.15, 0.2) is 0 Å². The molecular formula is C16H19N3. The summed E-state index contributed by atoms with van der Waals surface area (Å²) in [6.07, 6.45) is 13.5. The summed E-state index contributed by atoms with van der Waals surface area (Å²) in [5.74, 6) is 0. The van der Waals surface area contributed by atoms with E-state index in [-0.39, 0.29) is 0 Å². The molecule has 98 valence electrons. The van der Waals surface area contributed by atoms with Crippen LogP contribution in [0.1, 0.15) is 36.6 Å². The molecule has 2 aromatic heterocycles. The van der Waals surface area contributed by atoms with Crippen molar-refractivity contribution in [2.75, 3.05) is 13.1 Å². The topological polar surface area (TPSA) is 29.9 Å². The molecule has 1 unspecified atom stereocenters. The fourth-order valence-corrected chi connectivity index (χ4v) is 3.42. The number of nitrogens with one attached hydrogen (secondary N) is 1. The van der Waals surface area contributed by atoms with Gasteiger partial charge in [-0.05, 0) is 38.4 Å². The molecule has 1 N–H and O–H groups in total. The molecule has 3 heterocycles. The standard InChI is InChI=1S/C16H19N3/c1-4-14-15(5-1)18-11-12-7-10-19(16(12)14)13-3-2-8-17-9-6-13/h1,4,7,10-11,13,17H,2-3,5-6,8-9H2. The van der Waals surface area contributed by atoms with E-state index in [1.165, 1.54) is 41.4 Å². The second-order valence-corrected chi connectivity index (χ2v) is 5.59. The van der Waals surface area contributed by atoms with Crippen molar-refractivity contribution in [3.8, 4) is 0 Å². The lowest BCUT2D eigenvalue weighted by Gasteiger charge is -2.18. The van der Waals surface area contributed by atoms with Gasteiger partial charge in [0.1, 0.15) is 0 Å². The molecule has 1 saturated heterocycles. The van der Waals surface area contributed by atoms with Gasteiger partial charge in [0.2, 0.25) is 0 Å². The van der Waals surface area contributed by atoms with Crippen LogP contribution in [0, 0.1) is 0 Å². The van der Waals surface area contributed by atoms with E-state index < -0.39 is 0 Å². The largest absolute Gasteiger partial charge is 0.344 e. The first kappa shape index (κ1) is 11.2. The number of nitrogens with zero attached hydrogens (tertiary/aromatic N) is 2. The molecule has 1 atom stereocenters. The summed E-state index contributed by atoms with van der Waals surface area (Å²) in [4.78, 5) is 4.58. The van der Waals surface area contributed by atoms with Crippen molar-refractivity contribution < 1.29 is 0 Å². The quantitative estimate of drug-likeness (QED) is 0.847. The van der Waals surface area contributed by atoms with Gasteiger partial charge in [-0.1, -0.05) is 12.2 Å². The molecule has 0 amide bonds. The van der Waals surface area contributed by atoms with Gasteiger partial charge in [-0.3, -0.25) is 4.98 Å². The third-order valence-electron chi connectivity index (χ3n) is 4.41. The van der Waals surface area contributed by atoms with Crippen LogP contribution < -0.4 is 5.32 Å². The highest BCUT2D eigenvalue weighted by atomic mass is 15.0. The van der Waals surface area contributed by atoms with Crippen LogP contribution in [0.15, 0.2) is 24.5 Å². The van der Waals surface area contributed by atoms with Crippen molar-refractivity contribution in [2.45, 2.75) is 31.7 Å². The minimum absolute atomic E-state index is 0.632. The molecule has 4 rings (SSSR count). The SMILES string of the molecule is C1=Cc2c(ncc3ccn(C4CCCNCC4)c23)C1. The number of allylic oxidation sites excluding steroid dienone is 1. The Kier molecular flexibility index (Phi) is 2.66. The molecule has 0 bridgehead atoms. The molecule has 0 radical (unpaired) electrons. The summed E-state index contributed by atoms with van der Waals surface area (Å²) in [7, 11) is 0. The molecule has 2 aliphatic rings. The van der Waals surface area contributed by atoms with Gasteiger partial charge >= 0.3 is 0 Å². The maximum absolute atomic E-state index is 4.58. The second-order valence-electron chi connectivity index (χ2n) is 5.59. The van der Waals surface area contributed by atoms with Gasteiger partial charge in [-0.15, -0.1) is 0 Å². The minimum Gasteiger partial charge on any atom is -0.344 e. The van der Waals surface area contributed by atoms with Gasteiger partial charge in [-0.25, -0.2) is 0 Å². The fourth-order valence-electron chi connectivity index (χ4n) is 3.42. The number of hydrogen-bond acceptors (Lipinski definition) is 2. The van der Waals surface area contributed by atoms with Crippen LogP contribution in [0.4, 0.5) is 0 Å². The van der Waals surface area contributed by atoms with Crippen LogP contribution in [-0.2, 0) is 6.42 Å². The van der Waals surface area contributed by atoms with E-state index in [0.717, 1.165) is 19.5 Å². The maximum Gasteiger partial charge on any atom is 0.0590 e. The van der Waals surface area contributed by atoms with E-state index in [1.54, 1.807) is 0 Å². The third-order valence-corrected chi connectivity index (χ3v) is 4.41. The predicted octanol–water partition coefficient (Wildman–Crippen LogP) is 2.92. The number of hydrogen-bond donors (Lipinski definition) is 1. The van der Waals surface area contributed by atoms with E-state index in [1.807, 2.05) is 6.20 Å². The summed E-state index contributed by atoms with van der Waals surface area (Å²) in [6.45, 7) is 2.29. The highest BCUT2D eigenvalue weighted by Crippen LogP contribution is 2.32. The average molecular weight is 253 g/mol. The van der Waals surface area contributed by atoms with Crippen LogP contribution >= 0.6 is 0 Å². The van der Waals surface area contributed by atoms with Crippen LogP contribution in [0.25, 0.3) is 17.0 Å². The monoisotopic (exact) mass is 253 g/mol. The van der Waals surface area contributed by atoms with Crippen LogP contribution in [0.3, 0.4) is 0 Å². The zero-order valence-electron chi connectivity index (χ0n) is 11.1. The lowest BCUT2D eigenvalue weighted by atomic mass is 10.1. The Morgan fingerprint density at radius 3 is 3.26 bits per heavy atom. The van der Waals surface area contributed by atoms with Gasteiger partial charge in [0, 0.05) is 35.8 Å². The molecule has 0 spiro atoms. The van der Waals surface area contributed by atoms with E-state index >= 15 is 0 Å². The first-order chi connectivity index (χ1) is 9.43. The summed E-state index contributed by atoms with van der Waals surface area (Å²) in [5.41, 5.74) is 3.98. The lowest BCUT2D eigenvalue weighted by molar-refractivity contribution is 0.467. The number of aromatic nitrogens is 2. The van der Waals surface area contributed by atoms with Crippen LogP contribution in [0.2, 0.25) is 0 Å². The van der Waals surface area contributed by atoms with Crippen LogP contribution in [-0.4, -0.2) is 22.6 Å². The molecule has 2 aromatic rings. The molecule has 3 nitrogen and oxygen atoms in total. The minimum atomic E-state index is 0.632. The summed E-state index contributed by atoms with van der Waals surface area (Å²) < 4.78 is 2.50. The van der Waals surface area contributed by atoms with Crippen LogP contribution in [0.5, 0.6) is 0 Å². The molecular weight excluding hydrogens is 234 g/mol. The van der Waals surface area contributed by atoms with Gasteiger partial charge < -0.3 is 9.88 Å². The molecule has 1 fully saturated rings. The Morgan fingerprint density at radius 1 is 1.26 bits per heavy atom. The summed E-state index contributed by atoms with van der Waals surface area (Å²) >= 11 is 0. The van der Waals surface area contributed by atoms with Crippen molar-refractivity contribution in [3.63, 3.8) is 0 Å². The van der Waals surface area contributed by atoms with Crippen molar-refractivity contribution in [3.05, 3.63) is 35.8 Å². The maximum atomic E-state index is 4.58. The van der Waals surface area contributed by atoms with Gasteiger partial charge in [0.25, 0.3) is 0 Å². The highest BCUT2D eigenvalue weighted by molar-refractivity contribution is 5.90. The number of rotatable bonds is 1. The normalized spacial score (nSPS) is 22.6. The summed E-state index contributed by atoms with van der Waals surface area (Å²) in [6, 6.07) is 2.85. The molecule has 1 aliphatic carbocycles.